The van der Waals surface area contributed by atoms with Crippen LogP contribution in [0.3, 0.4) is 0 Å². The highest BCUT2D eigenvalue weighted by Gasteiger charge is 2.30. The van der Waals surface area contributed by atoms with Crippen molar-refractivity contribution in [1.29, 1.82) is 0 Å². The van der Waals surface area contributed by atoms with Crippen molar-refractivity contribution >= 4 is 23.4 Å². The smallest absolute Gasteiger partial charge is 0.360 e. The summed E-state index contributed by atoms with van der Waals surface area (Å²) in [7, 11) is 1.26. The van der Waals surface area contributed by atoms with E-state index in [9.17, 15) is 4.79 Å². The van der Waals surface area contributed by atoms with Crippen LogP contribution in [-0.4, -0.2) is 23.0 Å². The molecule has 0 saturated heterocycles. The van der Waals surface area contributed by atoms with Gasteiger partial charge in [0.25, 0.3) is 0 Å². The first-order chi connectivity index (χ1) is 7.13. The number of esters is 1. The van der Waals surface area contributed by atoms with Gasteiger partial charge in [-0.05, 0) is 12.8 Å². The summed E-state index contributed by atoms with van der Waals surface area (Å²) in [5.74, 6) is -0.198. The highest BCUT2D eigenvalue weighted by molar-refractivity contribution is 6.30. The molecule has 15 heavy (non-hydrogen) atoms. The van der Waals surface area contributed by atoms with E-state index in [0.29, 0.717) is 11.6 Å². The molecule has 80 valence electrons. The van der Waals surface area contributed by atoms with Gasteiger partial charge in [-0.2, -0.15) is 0 Å². The second kappa shape index (κ2) is 3.66. The van der Waals surface area contributed by atoms with E-state index in [2.05, 4.69) is 14.7 Å². The summed E-state index contributed by atoms with van der Waals surface area (Å²) in [5.41, 5.74) is 6.26. The molecular weight excluding hydrogens is 218 g/mol. The Morgan fingerprint density at radius 3 is 2.73 bits per heavy atom. The number of hydrogen-bond acceptors (Lipinski definition) is 5. The summed E-state index contributed by atoms with van der Waals surface area (Å²) in [6, 6.07) is 0. The Labute approximate surface area is 91.6 Å². The summed E-state index contributed by atoms with van der Waals surface area (Å²) >= 11 is 5.90. The first kappa shape index (κ1) is 10.2. The molecule has 1 fully saturated rings. The van der Waals surface area contributed by atoms with E-state index in [4.69, 9.17) is 17.3 Å². The largest absolute Gasteiger partial charge is 0.464 e. The molecule has 2 rings (SSSR count). The average molecular weight is 228 g/mol. The van der Waals surface area contributed by atoms with Crippen molar-refractivity contribution < 1.29 is 9.53 Å². The van der Waals surface area contributed by atoms with E-state index in [1.165, 1.54) is 7.11 Å². The molecule has 0 radical (unpaired) electrons. The van der Waals surface area contributed by atoms with Crippen LogP contribution in [0.1, 0.15) is 34.9 Å². The summed E-state index contributed by atoms with van der Waals surface area (Å²) in [4.78, 5) is 19.2. The summed E-state index contributed by atoms with van der Waals surface area (Å²) in [6.07, 6.45) is 2.09. The van der Waals surface area contributed by atoms with Gasteiger partial charge in [-0.1, -0.05) is 11.6 Å². The lowest BCUT2D eigenvalue weighted by Gasteiger charge is -2.06. The normalized spacial score (nSPS) is 15.1. The first-order valence-corrected chi connectivity index (χ1v) is 4.92. The van der Waals surface area contributed by atoms with Crippen molar-refractivity contribution in [2.45, 2.75) is 18.8 Å². The summed E-state index contributed by atoms with van der Waals surface area (Å²) in [6.45, 7) is 0. The topological polar surface area (TPSA) is 78.1 Å². The SMILES string of the molecule is COC(=O)c1nc(Cl)c(C2CC2)nc1N. The lowest BCUT2D eigenvalue weighted by molar-refractivity contribution is 0.0595. The number of anilines is 1. The van der Waals surface area contributed by atoms with Crippen LogP contribution in [0.25, 0.3) is 0 Å². The van der Waals surface area contributed by atoms with Crippen LogP contribution in [0.2, 0.25) is 5.15 Å². The fourth-order valence-electron chi connectivity index (χ4n) is 1.30. The maximum atomic E-state index is 11.2. The van der Waals surface area contributed by atoms with Gasteiger partial charge in [-0.25, -0.2) is 14.8 Å². The number of carbonyl (C=O) groups excluding carboxylic acids is 1. The average Bonchev–Trinajstić information content (AvgIpc) is 3.03. The van der Waals surface area contributed by atoms with Gasteiger partial charge in [0.15, 0.2) is 16.7 Å². The molecule has 1 heterocycles. The van der Waals surface area contributed by atoms with Crippen LogP contribution in [0.15, 0.2) is 0 Å². The molecule has 1 aliphatic carbocycles. The molecule has 1 aromatic rings. The molecule has 1 saturated carbocycles. The molecule has 0 amide bonds. The van der Waals surface area contributed by atoms with Gasteiger partial charge >= 0.3 is 5.97 Å². The Balaban J connectivity index is 2.42. The van der Waals surface area contributed by atoms with Crippen LogP contribution in [-0.2, 0) is 4.74 Å². The van der Waals surface area contributed by atoms with E-state index in [1.54, 1.807) is 0 Å². The Morgan fingerprint density at radius 1 is 1.53 bits per heavy atom. The molecular formula is C9H10ClN3O2. The van der Waals surface area contributed by atoms with Crippen LogP contribution >= 0.6 is 11.6 Å². The molecule has 5 nitrogen and oxygen atoms in total. The Kier molecular flexibility index (Phi) is 2.48. The van der Waals surface area contributed by atoms with E-state index in [0.717, 1.165) is 12.8 Å². The molecule has 0 atom stereocenters. The fourth-order valence-corrected chi connectivity index (χ4v) is 1.59. The van der Waals surface area contributed by atoms with Crippen LogP contribution in [0.5, 0.6) is 0 Å². The van der Waals surface area contributed by atoms with Gasteiger partial charge in [-0.15, -0.1) is 0 Å². The predicted molar refractivity (Wildman–Crippen MR) is 54.8 cm³/mol. The number of hydrogen-bond donors (Lipinski definition) is 1. The van der Waals surface area contributed by atoms with Crippen molar-refractivity contribution in [2.75, 3.05) is 12.8 Å². The summed E-state index contributed by atoms with van der Waals surface area (Å²) in [5, 5.41) is 0.243. The summed E-state index contributed by atoms with van der Waals surface area (Å²) < 4.78 is 4.51. The number of rotatable bonds is 2. The van der Waals surface area contributed by atoms with E-state index < -0.39 is 5.97 Å². The molecule has 1 aromatic heterocycles. The highest BCUT2D eigenvalue weighted by Crippen LogP contribution is 2.41. The molecule has 0 aliphatic heterocycles. The van der Waals surface area contributed by atoms with Crippen molar-refractivity contribution in [1.82, 2.24) is 9.97 Å². The van der Waals surface area contributed by atoms with E-state index in [1.807, 2.05) is 0 Å². The number of nitrogen functional groups attached to an aromatic ring is 1. The maximum Gasteiger partial charge on any atom is 0.360 e. The number of halogens is 1. The lowest BCUT2D eigenvalue weighted by Crippen LogP contribution is -2.12. The molecule has 0 bridgehead atoms. The molecule has 0 unspecified atom stereocenters. The van der Waals surface area contributed by atoms with E-state index >= 15 is 0 Å². The highest BCUT2D eigenvalue weighted by atomic mass is 35.5. The van der Waals surface area contributed by atoms with Gasteiger partial charge in [0.2, 0.25) is 0 Å². The molecule has 2 N–H and O–H groups in total. The zero-order valence-electron chi connectivity index (χ0n) is 8.16. The van der Waals surface area contributed by atoms with Crippen molar-refractivity contribution in [3.8, 4) is 0 Å². The predicted octanol–water partition coefficient (Wildman–Crippen LogP) is 1.38. The third-order valence-corrected chi connectivity index (χ3v) is 2.53. The molecule has 0 spiro atoms. The number of ether oxygens (including phenoxy) is 1. The fraction of sp³-hybridized carbons (Fsp3) is 0.444. The van der Waals surface area contributed by atoms with Crippen molar-refractivity contribution in [3.63, 3.8) is 0 Å². The van der Waals surface area contributed by atoms with Crippen LogP contribution in [0.4, 0.5) is 5.82 Å². The standard InChI is InChI=1S/C9H10ClN3O2/c1-15-9(14)6-8(11)13-5(4-2-3-4)7(10)12-6/h4H,2-3H2,1H3,(H2,11,13). The second-order valence-electron chi connectivity index (χ2n) is 3.40. The number of nitrogens with zero attached hydrogens (tertiary/aromatic N) is 2. The molecule has 1 aliphatic rings. The Bertz CT molecular complexity index is 418. The monoisotopic (exact) mass is 227 g/mol. The zero-order chi connectivity index (χ0) is 11.0. The van der Waals surface area contributed by atoms with Crippen LogP contribution < -0.4 is 5.73 Å². The Hall–Kier alpha value is -1.36. The minimum Gasteiger partial charge on any atom is -0.464 e. The minimum atomic E-state index is -0.621. The molecule has 6 heteroatoms. The zero-order valence-corrected chi connectivity index (χ0v) is 8.91. The minimum absolute atomic E-state index is 0.0214. The maximum absolute atomic E-state index is 11.2. The number of methoxy groups -OCH3 is 1. The third-order valence-electron chi connectivity index (χ3n) is 2.25. The molecule has 0 aromatic carbocycles. The van der Waals surface area contributed by atoms with E-state index in [-0.39, 0.29) is 16.7 Å². The number of nitrogens with two attached hydrogens (primary N) is 1. The van der Waals surface area contributed by atoms with Crippen LogP contribution in [0, 0.1) is 0 Å². The first-order valence-electron chi connectivity index (χ1n) is 4.54. The third kappa shape index (κ3) is 1.87. The number of aromatic nitrogens is 2. The van der Waals surface area contributed by atoms with Crippen molar-refractivity contribution in [2.24, 2.45) is 0 Å². The second-order valence-corrected chi connectivity index (χ2v) is 3.76. The number of carbonyl (C=O) groups is 1. The lowest BCUT2D eigenvalue weighted by atomic mass is 10.3. The van der Waals surface area contributed by atoms with Gasteiger partial charge in [-0.3, -0.25) is 0 Å². The van der Waals surface area contributed by atoms with Gasteiger partial charge in [0, 0.05) is 5.92 Å². The van der Waals surface area contributed by atoms with Gasteiger partial charge in [0.05, 0.1) is 12.8 Å². The Morgan fingerprint density at radius 2 is 2.20 bits per heavy atom. The quantitative estimate of drug-likeness (QED) is 0.773. The van der Waals surface area contributed by atoms with Gasteiger partial charge in [0.1, 0.15) is 0 Å². The van der Waals surface area contributed by atoms with Gasteiger partial charge < -0.3 is 10.5 Å². The van der Waals surface area contributed by atoms with Crippen molar-refractivity contribution in [3.05, 3.63) is 16.5 Å².